The van der Waals surface area contributed by atoms with Gasteiger partial charge in [0.05, 0.1) is 7.11 Å². The number of Topliss-reactive ketones (excluding diaryl/α,β-unsaturated/α-hetero) is 1. The second kappa shape index (κ2) is 9.29. The number of carbonyl (C=O) groups excluding carboxylic acids is 3. The summed E-state index contributed by atoms with van der Waals surface area (Å²) in [6.07, 6.45) is 0. The van der Waals surface area contributed by atoms with Crippen LogP contribution in [-0.4, -0.2) is 24.8 Å². The standard InChI is InChI=1S/C20H19BrO5/c1-13(18(22)15-8-10-16(21)11-9-15)17(19(23)25-2)20(24)26-12-14-6-4-3-5-7-14/h3-11,13,17H,12H2,1-2H3/t13-,17?/m1/s1. The van der Waals surface area contributed by atoms with Crippen LogP contribution < -0.4 is 0 Å². The minimum absolute atomic E-state index is 0.0202. The second-order valence-electron chi connectivity index (χ2n) is 5.75. The van der Waals surface area contributed by atoms with Gasteiger partial charge in [-0.15, -0.1) is 0 Å². The first-order chi connectivity index (χ1) is 12.4. The Hall–Kier alpha value is -2.47. The van der Waals surface area contributed by atoms with Crippen molar-refractivity contribution in [1.82, 2.24) is 0 Å². The lowest BCUT2D eigenvalue weighted by atomic mass is 9.87. The highest BCUT2D eigenvalue weighted by Gasteiger charge is 2.38. The fraction of sp³-hybridized carbons (Fsp3) is 0.250. The topological polar surface area (TPSA) is 69.7 Å². The molecule has 0 spiro atoms. The lowest BCUT2D eigenvalue weighted by Crippen LogP contribution is -2.36. The first-order valence-electron chi connectivity index (χ1n) is 8.02. The maximum atomic E-state index is 12.7. The van der Waals surface area contributed by atoms with Crippen LogP contribution >= 0.6 is 15.9 Å². The molecule has 2 aromatic rings. The minimum Gasteiger partial charge on any atom is -0.468 e. The number of esters is 2. The zero-order valence-electron chi connectivity index (χ0n) is 14.5. The van der Waals surface area contributed by atoms with Gasteiger partial charge in [0.1, 0.15) is 6.61 Å². The SMILES string of the molecule is COC(=O)C(C(=O)OCc1ccccc1)[C@@H](C)C(=O)c1ccc(Br)cc1. The average Bonchev–Trinajstić information content (AvgIpc) is 2.67. The highest BCUT2D eigenvalue weighted by molar-refractivity contribution is 9.10. The van der Waals surface area contributed by atoms with Crippen molar-refractivity contribution < 1.29 is 23.9 Å². The number of hydrogen-bond donors (Lipinski definition) is 0. The summed E-state index contributed by atoms with van der Waals surface area (Å²) in [5.41, 5.74) is 1.20. The molecule has 6 heteroatoms. The molecule has 0 radical (unpaired) electrons. The summed E-state index contributed by atoms with van der Waals surface area (Å²) in [4.78, 5) is 37.2. The normalized spacial score (nSPS) is 12.7. The number of carbonyl (C=O) groups is 3. The number of methoxy groups -OCH3 is 1. The van der Waals surface area contributed by atoms with E-state index in [1.807, 2.05) is 18.2 Å². The predicted molar refractivity (Wildman–Crippen MR) is 99.4 cm³/mol. The van der Waals surface area contributed by atoms with E-state index in [9.17, 15) is 14.4 Å². The summed E-state index contributed by atoms with van der Waals surface area (Å²) < 4.78 is 10.8. The minimum atomic E-state index is -1.32. The van der Waals surface area contributed by atoms with Gasteiger partial charge in [-0.3, -0.25) is 14.4 Å². The Morgan fingerprint density at radius 3 is 2.15 bits per heavy atom. The molecule has 2 rings (SSSR count). The maximum Gasteiger partial charge on any atom is 0.321 e. The number of rotatable bonds is 7. The van der Waals surface area contributed by atoms with E-state index < -0.39 is 23.8 Å². The van der Waals surface area contributed by atoms with Gasteiger partial charge in [-0.2, -0.15) is 0 Å². The van der Waals surface area contributed by atoms with Gasteiger partial charge in [0.2, 0.25) is 0 Å². The quantitative estimate of drug-likeness (QED) is 0.388. The molecule has 0 saturated carbocycles. The Kier molecular flexibility index (Phi) is 7.09. The fourth-order valence-corrected chi connectivity index (χ4v) is 2.74. The largest absolute Gasteiger partial charge is 0.468 e. The van der Waals surface area contributed by atoms with E-state index in [0.29, 0.717) is 5.56 Å². The molecule has 5 nitrogen and oxygen atoms in total. The lowest BCUT2D eigenvalue weighted by molar-refractivity contribution is -0.163. The van der Waals surface area contributed by atoms with Gasteiger partial charge >= 0.3 is 11.9 Å². The molecule has 0 saturated heterocycles. The third-order valence-corrected chi connectivity index (χ3v) is 4.50. The Labute approximate surface area is 160 Å². The molecule has 0 amide bonds. The third kappa shape index (κ3) is 5.02. The number of halogens is 1. The molecule has 2 aromatic carbocycles. The molecule has 0 aliphatic carbocycles. The van der Waals surface area contributed by atoms with Crippen molar-refractivity contribution in [2.24, 2.45) is 11.8 Å². The van der Waals surface area contributed by atoms with Crippen LogP contribution in [-0.2, 0) is 25.7 Å². The van der Waals surface area contributed by atoms with Crippen molar-refractivity contribution in [3.8, 4) is 0 Å². The van der Waals surface area contributed by atoms with Gasteiger partial charge in [-0.25, -0.2) is 0 Å². The summed E-state index contributed by atoms with van der Waals surface area (Å²) in [7, 11) is 1.18. The molecule has 0 N–H and O–H groups in total. The van der Waals surface area contributed by atoms with E-state index in [2.05, 4.69) is 15.9 Å². The Bertz CT molecular complexity index is 771. The molecule has 1 unspecified atom stereocenters. The summed E-state index contributed by atoms with van der Waals surface area (Å²) in [6.45, 7) is 1.54. The monoisotopic (exact) mass is 418 g/mol. The highest BCUT2D eigenvalue weighted by Crippen LogP contribution is 2.22. The lowest BCUT2D eigenvalue weighted by Gasteiger charge is -2.19. The first kappa shape index (κ1) is 19.8. The molecule has 0 aliphatic rings. The first-order valence-corrected chi connectivity index (χ1v) is 8.81. The van der Waals surface area contributed by atoms with Gasteiger partial charge in [-0.05, 0) is 17.7 Å². The zero-order chi connectivity index (χ0) is 19.1. The number of hydrogen-bond acceptors (Lipinski definition) is 5. The molecule has 0 heterocycles. The molecule has 0 aromatic heterocycles. The van der Waals surface area contributed by atoms with E-state index in [4.69, 9.17) is 9.47 Å². The number of ketones is 1. The van der Waals surface area contributed by atoms with E-state index >= 15 is 0 Å². The summed E-state index contributed by atoms with van der Waals surface area (Å²) in [6, 6.07) is 15.8. The van der Waals surface area contributed by atoms with Crippen LogP contribution in [0.25, 0.3) is 0 Å². The second-order valence-corrected chi connectivity index (χ2v) is 6.67. The van der Waals surface area contributed by atoms with Crippen LogP contribution in [0.4, 0.5) is 0 Å². The van der Waals surface area contributed by atoms with Gasteiger partial charge in [0.25, 0.3) is 0 Å². The van der Waals surface area contributed by atoms with Crippen molar-refractivity contribution >= 4 is 33.7 Å². The van der Waals surface area contributed by atoms with Crippen LogP contribution in [0.15, 0.2) is 59.1 Å². The third-order valence-electron chi connectivity index (χ3n) is 3.98. The fourth-order valence-electron chi connectivity index (χ4n) is 2.48. The maximum absolute atomic E-state index is 12.7. The molecule has 136 valence electrons. The van der Waals surface area contributed by atoms with E-state index in [1.54, 1.807) is 36.4 Å². The molecule has 2 atom stereocenters. The summed E-state index contributed by atoms with van der Waals surface area (Å²) in [5, 5.41) is 0. The van der Waals surface area contributed by atoms with Crippen LogP contribution in [0.2, 0.25) is 0 Å². The summed E-state index contributed by atoms with van der Waals surface area (Å²) in [5.74, 6) is -4.13. The molecular formula is C20H19BrO5. The average molecular weight is 419 g/mol. The molecular weight excluding hydrogens is 400 g/mol. The highest BCUT2D eigenvalue weighted by atomic mass is 79.9. The molecule has 0 fully saturated rings. The van der Waals surface area contributed by atoms with Crippen molar-refractivity contribution in [3.63, 3.8) is 0 Å². The van der Waals surface area contributed by atoms with Crippen molar-refractivity contribution in [1.29, 1.82) is 0 Å². The molecule has 0 bridgehead atoms. The Morgan fingerprint density at radius 1 is 0.962 bits per heavy atom. The number of ether oxygens (including phenoxy) is 2. The molecule has 26 heavy (non-hydrogen) atoms. The van der Waals surface area contributed by atoms with Gasteiger partial charge < -0.3 is 9.47 Å². The smallest absolute Gasteiger partial charge is 0.321 e. The summed E-state index contributed by atoms with van der Waals surface area (Å²) >= 11 is 3.30. The Balaban J connectivity index is 2.14. The van der Waals surface area contributed by atoms with Crippen molar-refractivity contribution in [3.05, 3.63) is 70.2 Å². The van der Waals surface area contributed by atoms with E-state index in [1.165, 1.54) is 14.0 Å². The van der Waals surface area contributed by atoms with Gasteiger partial charge in [-0.1, -0.05) is 65.3 Å². The van der Waals surface area contributed by atoms with Gasteiger partial charge in [0.15, 0.2) is 11.7 Å². The zero-order valence-corrected chi connectivity index (χ0v) is 16.1. The van der Waals surface area contributed by atoms with E-state index in [-0.39, 0.29) is 12.4 Å². The predicted octanol–water partition coefficient (Wildman–Crippen LogP) is 3.80. The van der Waals surface area contributed by atoms with E-state index in [0.717, 1.165) is 10.0 Å². The van der Waals surface area contributed by atoms with Crippen LogP contribution in [0.3, 0.4) is 0 Å². The van der Waals surface area contributed by atoms with Crippen LogP contribution in [0, 0.1) is 11.8 Å². The Morgan fingerprint density at radius 2 is 1.58 bits per heavy atom. The van der Waals surface area contributed by atoms with Crippen molar-refractivity contribution in [2.75, 3.05) is 7.11 Å². The van der Waals surface area contributed by atoms with Gasteiger partial charge in [0, 0.05) is 16.0 Å². The van der Waals surface area contributed by atoms with Crippen LogP contribution in [0.5, 0.6) is 0 Å². The molecule has 0 aliphatic heterocycles. The number of benzene rings is 2. The van der Waals surface area contributed by atoms with Crippen molar-refractivity contribution in [2.45, 2.75) is 13.5 Å². The van der Waals surface area contributed by atoms with Crippen LogP contribution in [0.1, 0.15) is 22.8 Å².